The number of hydrogen-bond acceptors (Lipinski definition) is 3. The molecule has 1 amide bonds. The summed E-state index contributed by atoms with van der Waals surface area (Å²) in [5, 5.41) is 3.13. The Hall–Kier alpha value is -1.39. The third-order valence-electron chi connectivity index (χ3n) is 4.82. The van der Waals surface area contributed by atoms with Crippen molar-refractivity contribution in [1.29, 1.82) is 0 Å². The highest BCUT2D eigenvalue weighted by Gasteiger charge is 2.46. The lowest BCUT2D eigenvalue weighted by Gasteiger charge is -2.33. The van der Waals surface area contributed by atoms with Crippen molar-refractivity contribution in [3.63, 3.8) is 0 Å². The molecule has 2 fully saturated rings. The van der Waals surface area contributed by atoms with Crippen molar-refractivity contribution in [2.75, 3.05) is 13.1 Å². The second-order valence-corrected chi connectivity index (χ2v) is 6.61. The Morgan fingerprint density at radius 2 is 2.00 bits per heavy atom. The largest absolute Gasteiger partial charge is 0.352 e. The molecule has 3 rings (SSSR count). The highest BCUT2D eigenvalue weighted by molar-refractivity contribution is 5.89. The molecule has 1 aliphatic heterocycles. The molecule has 4 heteroatoms. The van der Waals surface area contributed by atoms with E-state index in [-0.39, 0.29) is 5.91 Å². The van der Waals surface area contributed by atoms with Crippen LogP contribution in [0.1, 0.15) is 36.8 Å². The van der Waals surface area contributed by atoms with Crippen LogP contribution in [-0.2, 0) is 11.3 Å². The van der Waals surface area contributed by atoms with Crippen molar-refractivity contribution in [3.8, 4) is 0 Å². The van der Waals surface area contributed by atoms with Gasteiger partial charge in [0.05, 0.1) is 5.54 Å². The molecule has 3 N–H and O–H groups in total. The molecule has 1 aliphatic carbocycles. The number of likely N-dealkylation sites (tertiary alicyclic amines) is 1. The van der Waals surface area contributed by atoms with E-state index in [1.165, 1.54) is 11.1 Å². The molecule has 0 radical (unpaired) electrons. The van der Waals surface area contributed by atoms with Crippen LogP contribution >= 0.6 is 0 Å². The van der Waals surface area contributed by atoms with Gasteiger partial charge in [-0.05, 0) is 43.7 Å². The SMILES string of the molecule is Cc1ccccc1CN1CCC(NC(=O)C2(N)CC2)CC1. The number of benzene rings is 1. The Balaban J connectivity index is 1.47. The van der Waals surface area contributed by atoms with Crippen LogP contribution in [0.5, 0.6) is 0 Å². The van der Waals surface area contributed by atoms with E-state index in [0.29, 0.717) is 6.04 Å². The molecule has 0 aromatic heterocycles. The lowest BCUT2D eigenvalue weighted by atomic mass is 10.0. The zero-order chi connectivity index (χ0) is 14.9. The minimum Gasteiger partial charge on any atom is -0.352 e. The number of piperidine rings is 1. The molecule has 114 valence electrons. The first-order valence-corrected chi connectivity index (χ1v) is 7.93. The van der Waals surface area contributed by atoms with E-state index in [0.717, 1.165) is 45.3 Å². The summed E-state index contributed by atoms with van der Waals surface area (Å²) in [6.45, 7) is 5.25. The Bertz CT molecular complexity index is 517. The van der Waals surface area contributed by atoms with Crippen LogP contribution in [0.3, 0.4) is 0 Å². The van der Waals surface area contributed by atoms with Gasteiger partial charge < -0.3 is 11.1 Å². The fourth-order valence-corrected chi connectivity index (χ4v) is 2.95. The van der Waals surface area contributed by atoms with Gasteiger partial charge in [0.25, 0.3) is 0 Å². The summed E-state index contributed by atoms with van der Waals surface area (Å²) < 4.78 is 0. The monoisotopic (exact) mass is 287 g/mol. The van der Waals surface area contributed by atoms with E-state index in [9.17, 15) is 4.79 Å². The summed E-state index contributed by atoms with van der Waals surface area (Å²) in [6.07, 6.45) is 3.72. The van der Waals surface area contributed by atoms with Crippen molar-refractivity contribution in [2.45, 2.75) is 50.7 Å². The van der Waals surface area contributed by atoms with Gasteiger partial charge in [-0.15, -0.1) is 0 Å². The number of carbonyl (C=O) groups excluding carboxylic acids is 1. The maximum atomic E-state index is 12.0. The molecule has 0 spiro atoms. The third kappa shape index (κ3) is 3.44. The third-order valence-corrected chi connectivity index (χ3v) is 4.82. The van der Waals surface area contributed by atoms with Gasteiger partial charge in [-0.1, -0.05) is 24.3 Å². The van der Waals surface area contributed by atoms with E-state index >= 15 is 0 Å². The summed E-state index contributed by atoms with van der Waals surface area (Å²) >= 11 is 0. The number of nitrogens with one attached hydrogen (secondary N) is 1. The number of nitrogens with zero attached hydrogens (tertiary/aromatic N) is 1. The van der Waals surface area contributed by atoms with Crippen LogP contribution in [0.2, 0.25) is 0 Å². The van der Waals surface area contributed by atoms with Crippen molar-refractivity contribution in [2.24, 2.45) is 5.73 Å². The Labute approximate surface area is 126 Å². The summed E-state index contributed by atoms with van der Waals surface area (Å²) in [5.41, 5.74) is 8.14. The minimum absolute atomic E-state index is 0.0554. The van der Waals surface area contributed by atoms with Crippen LogP contribution in [0.25, 0.3) is 0 Å². The normalized spacial score (nSPS) is 22.0. The highest BCUT2D eigenvalue weighted by Crippen LogP contribution is 2.32. The molecule has 0 atom stereocenters. The first kappa shape index (κ1) is 14.5. The van der Waals surface area contributed by atoms with Crippen LogP contribution < -0.4 is 11.1 Å². The van der Waals surface area contributed by atoms with Crippen molar-refractivity contribution >= 4 is 5.91 Å². The molecule has 1 aromatic rings. The molecule has 2 aliphatic rings. The second kappa shape index (κ2) is 5.78. The van der Waals surface area contributed by atoms with Crippen LogP contribution in [-0.4, -0.2) is 35.5 Å². The summed E-state index contributed by atoms with van der Waals surface area (Å²) in [7, 11) is 0. The van der Waals surface area contributed by atoms with E-state index in [1.54, 1.807) is 0 Å². The van der Waals surface area contributed by atoms with Crippen LogP contribution in [0.15, 0.2) is 24.3 Å². The molecule has 0 bridgehead atoms. The predicted molar refractivity (Wildman–Crippen MR) is 83.8 cm³/mol. The molecule has 0 unspecified atom stereocenters. The molecular formula is C17H25N3O. The van der Waals surface area contributed by atoms with E-state index in [1.807, 2.05) is 0 Å². The maximum absolute atomic E-state index is 12.0. The average Bonchev–Trinajstić information content (AvgIpc) is 3.23. The van der Waals surface area contributed by atoms with E-state index < -0.39 is 5.54 Å². The number of rotatable bonds is 4. The number of carbonyl (C=O) groups is 1. The topological polar surface area (TPSA) is 58.4 Å². The fourth-order valence-electron chi connectivity index (χ4n) is 2.95. The van der Waals surface area contributed by atoms with Gasteiger partial charge in [-0.2, -0.15) is 0 Å². The Morgan fingerprint density at radius 3 is 2.62 bits per heavy atom. The summed E-state index contributed by atoms with van der Waals surface area (Å²) in [4.78, 5) is 14.4. The molecule has 4 nitrogen and oxygen atoms in total. The van der Waals surface area contributed by atoms with Gasteiger partial charge in [0.2, 0.25) is 5.91 Å². The van der Waals surface area contributed by atoms with Crippen LogP contribution in [0.4, 0.5) is 0 Å². The van der Waals surface area contributed by atoms with E-state index in [4.69, 9.17) is 5.73 Å². The molecule has 1 heterocycles. The second-order valence-electron chi connectivity index (χ2n) is 6.61. The molecule has 21 heavy (non-hydrogen) atoms. The van der Waals surface area contributed by atoms with Crippen molar-refractivity contribution < 1.29 is 4.79 Å². The van der Waals surface area contributed by atoms with Gasteiger partial charge in [0, 0.05) is 25.7 Å². The van der Waals surface area contributed by atoms with Gasteiger partial charge in [-0.25, -0.2) is 0 Å². The van der Waals surface area contributed by atoms with Gasteiger partial charge in [-0.3, -0.25) is 9.69 Å². The van der Waals surface area contributed by atoms with Gasteiger partial charge in [0.1, 0.15) is 0 Å². The smallest absolute Gasteiger partial charge is 0.240 e. The average molecular weight is 287 g/mol. The molecule has 1 saturated heterocycles. The number of aryl methyl sites for hydroxylation is 1. The zero-order valence-corrected chi connectivity index (χ0v) is 12.8. The standard InChI is InChI=1S/C17H25N3O/c1-13-4-2-3-5-14(13)12-20-10-6-15(7-11-20)19-16(21)17(18)8-9-17/h2-5,15H,6-12,18H2,1H3,(H,19,21). The molecular weight excluding hydrogens is 262 g/mol. The van der Waals surface area contributed by atoms with Crippen molar-refractivity contribution in [3.05, 3.63) is 35.4 Å². The zero-order valence-electron chi connectivity index (χ0n) is 12.8. The minimum atomic E-state index is -0.543. The first-order valence-electron chi connectivity index (χ1n) is 7.93. The highest BCUT2D eigenvalue weighted by atomic mass is 16.2. The number of amides is 1. The first-order chi connectivity index (χ1) is 10.1. The summed E-state index contributed by atoms with van der Waals surface area (Å²) in [6, 6.07) is 8.85. The number of nitrogens with two attached hydrogens (primary N) is 1. The van der Waals surface area contributed by atoms with Gasteiger partial charge in [0.15, 0.2) is 0 Å². The lowest BCUT2D eigenvalue weighted by molar-refractivity contribution is -0.124. The fraction of sp³-hybridized carbons (Fsp3) is 0.588. The lowest BCUT2D eigenvalue weighted by Crippen LogP contribution is -2.50. The predicted octanol–water partition coefficient (Wildman–Crippen LogP) is 1.57. The molecule has 1 saturated carbocycles. The van der Waals surface area contributed by atoms with Crippen LogP contribution in [0, 0.1) is 6.92 Å². The summed E-state index contributed by atoms with van der Waals surface area (Å²) in [5.74, 6) is 0.0554. The Kier molecular flexibility index (Phi) is 4.00. The quantitative estimate of drug-likeness (QED) is 0.883. The van der Waals surface area contributed by atoms with E-state index in [2.05, 4.69) is 41.4 Å². The maximum Gasteiger partial charge on any atom is 0.240 e. The number of hydrogen-bond donors (Lipinski definition) is 2. The molecule has 1 aromatic carbocycles. The van der Waals surface area contributed by atoms with Crippen molar-refractivity contribution in [1.82, 2.24) is 10.2 Å². The van der Waals surface area contributed by atoms with Gasteiger partial charge >= 0.3 is 0 Å². The Morgan fingerprint density at radius 1 is 1.33 bits per heavy atom.